The van der Waals surface area contributed by atoms with Crippen LogP contribution in [0.1, 0.15) is 71.1 Å². The van der Waals surface area contributed by atoms with E-state index >= 15 is 0 Å². The van der Waals surface area contributed by atoms with Gasteiger partial charge in [0, 0.05) is 10.6 Å². The highest BCUT2D eigenvalue weighted by Gasteiger charge is 2.36. The molecule has 0 aliphatic heterocycles. The van der Waals surface area contributed by atoms with Crippen LogP contribution in [-0.4, -0.2) is 11.1 Å². The van der Waals surface area contributed by atoms with E-state index in [9.17, 15) is 4.79 Å². The van der Waals surface area contributed by atoms with Crippen LogP contribution in [0.2, 0.25) is 0 Å². The van der Waals surface area contributed by atoms with Crippen LogP contribution >= 0.6 is 15.9 Å². The lowest BCUT2D eigenvalue weighted by atomic mass is 9.63. The number of aliphatic carboxylic acids is 1. The number of halogens is 1. The first-order valence-corrected chi connectivity index (χ1v) is 9.84. The molecule has 3 heteroatoms. The van der Waals surface area contributed by atoms with Crippen molar-refractivity contribution in [3.8, 4) is 0 Å². The van der Waals surface area contributed by atoms with Crippen molar-refractivity contribution in [2.45, 2.75) is 65.2 Å². The van der Waals surface area contributed by atoms with Crippen LogP contribution in [0, 0.1) is 0 Å². The smallest absolute Gasteiger partial charge is 0.328 e. The van der Waals surface area contributed by atoms with E-state index in [-0.39, 0.29) is 10.8 Å². The molecule has 0 fully saturated rings. The van der Waals surface area contributed by atoms with E-state index < -0.39 is 5.97 Å². The third-order valence-corrected chi connectivity index (χ3v) is 6.35. The van der Waals surface area contributed by atoms with Gasteiger partial charge >= 0.3 is 5.97 Å². The minimum absolute atomic E-state index is 0.185. The molecule has 26 heavy (non-hydrogen) atoms. The second-order valence-corrected chi connectivity index (χ2v) is 9.42. The molecule has 1 N–H and O–H groups in total. The van der Waals surface area contributed by atoms with Crippen molar-refractivity contribution in [2.24, 2.45) is 0 Å². The van der Waals surface area contributed by atoms with Gasteiger partial charge in [0.1, 0.15) is 0 Å². The topological polar surface area (TPSA) is 37.3 Å². The molecular formula is C23H29BrO2. The Kier molecular flexibility index (Phi) is 6.02. The monoisotopic (exact) mass is 416 g/mol. The predicted octanol–water partition coefficient (Wildman–Crippen LogP) is 6.75. The molecule has 0 radical (unpaired) electrons. The summed E-state index contributed by atoms with van der Waals surface area (Å²) in [6, 6.07) is 6.82. The van der Waals surface area contributed by atoms with Gasteiger partial charge in [-0.05, 0) is 71.4 Å². The zero-order valence-electron chi connectivity index (χ0n) is 16.6. The second kappa shape index (κ2) is 7.56. The van der Waals surface area contributed by atoms with E-state index in [1.807, 2.05) is 12.2 Å². The third-order valence-electron chi connectivity index (χ3n) is 5.49. The zero-order chi connectivity index (χ0) is 19.7. The first kappa shape index (κ1) is 20.7. The number of hydrogen-bond acceptors (Lipinski definition) is 1. The molecule has 2 nitrogen and oxygen atoms in total. The van der Waals surface area contributed by atoms with Gasteiger partial charge in [0.2, 0.25) is 0 Å². The summed E-state index contributed by atoms with van der Waals surface area (Å²) >= 11 is 3.64. The average Bonchev–Trinajstić information content (AvgIpc) is 2.55. The Labute approximate surface area is 165 Å². The van der Waals surface area contributed by atoms with Crippen molar-refractivity contribution in [1.82, 2.24) is 0 Å². The number of allylic oxidation sites excluding steroid dienone is 5. The van der Waals surface area contributed by atoms with E-state index in [1.54, 1.807) is 6.92 Å². The van der Waals surface area contributed by atoms with Crippen LogP contribution in [0.4, 0.5) is 0 Å². The van der Waals surface area contributed by atoms with Gasteiger partial charge in [-0.1, -0.05) is 67.9 Å². The molecule has 0 bridgehead atoms. The first-order valence-electron chi connectivity index (χ1n) is 9.05. The van der Waals surface area contributed by atoms with Gasteiger partial charge in [0.15, 0.2) is 0 Å². The zero-order valence-corrected chi connectivity index (χ0v) is 18.2. The normalized spacial score (nSPS) is 19.9. The van der Waals surface area contributed by atoms with Crippen LogP contribution < -0.4 is 0 Å². The Hall–Kier alpha value is -1.61. The summed E-state index contributed by atoms with van der Waals surface area (Å²) in [5, 5.41) is 8.81. The van der Waals surface area contributed by atoms with Crippen LogP contribution in [0.25, 0.3) is 5.57 Å². The van der Waals surface area contributed by atoms with Crippen LogP contribution in [-0.2, 0) is 15.6 Å². The quantitative estimate of drug-likeness (QED) is 0.435. The number of carboxylic acids is 1. The fourth-order valence-corrected chi connectivity index (χ4v) is 3.89. The van der Waals surface area contributed by atoms with Crippen molar-refractivity contribution >= 4 is 27.5 Å². The van der Waals surface area contributed by atoms with E-state index in [4.69, 9.17) is 5.11 Å². The van der Waals surface area contributed by atoms with Gasteiger partial charge in [0.05, 0.1) is 0 Å². The standard InChI is InChI=1S/C23H29BrO2/c1-15(13-21(25)26)7-10-20(24)16(2)17-8-9-18-19(14-17)23(5,6)12-11-22(18,3)4/h7-10,13-14H,11-12H2,1-6H3,(H,25,26). The summed E-state index contributed by atoms with van der Waals surface area (Å²) in [5.74, 6) is -0.927. The third kappa shape index (κ3) is 4.56. The van der Waals surface area contributed by atoms with E-state index in [2.05, 4.69) is 68.7 Å². The van der Waals surface area contributed by atoms with E-state index in [1.165, 1.54) is 35.6 Å². The highest BCUT2D eigenvalue weighted by Crippen LogP contribution is 2.46. The van der Waals surface area contributed by atoms with Gasteiger partial charge in [-0.2, -0.15) is 0 Å². The summed E-state index contributed by atoms with van der Waals surface area (Å²) < 4.78 is 0.962. The van der Waals surface area contributed by atoms with Crippen LogP contribution in [0.15, 0.2) is 46.5 Å². The van der Waals surface area contributed by atoms with Gasteiger partial charge in [-0.3, -0.25) is 0 Å². The maximum atomic E-state index is 10.7. The average molecular weight is 417 g/mol. The molecule has 140 valence electrons. The Morgan fingerprint density at radius 1 is 1.04 bits per heavy atom. The molecule has 0 unspecified atom stereocenters. The Morgan fingerprint density at radius 2 is 1.62 bits per heavy atom. The van der Waals surface area contributed by atoms with Gasteiger partial charge in [-0.25, -0.2) is 4.79 Å². The molecule has 0 saturated carbocycles. The minimum Gasteiger partial charge on any atom is -0.478 e. The molecule has 1 aromatic carbocycles. The fraction of sp³-hybridized carbons (Fsp3) is 0.435. The van der Waals surface area contributed by atoms with E-state index in [0.29, 0.717) is 5.57 Å². The number of carbonyl (C=O) groups is 1. The van der Waals surface area contributed by atoms with Crippen molar-refractivity contribution < 1.29 is 9.90 Å². The second-order valence-electron chi connectivity index (χ2n) is 8.56. The summed E-state index contributed by atoms with van der Waals surface area (Å²) in [7, 11) is 0. The lowest BCUT2D eigenvalue weighted by molar-refractivity contribution is -0.131. The molecule has 1 aliphatic rings. The minimum atomic E-state index is -0.927. The molecule has 2 rings (SSSR count). The Balaban J connectivity index is 2.43. The maximum absolute atomic E-state index is 10.7. The highest BCUT2D eigenvalue weighted by atomic mass is 79.9. The number of benzene rings is 1. The van der Waals surface area contributed by atoms with Crippen molar-refractivity contribution in [1.29, 1.82) is 0 Å². The van der Waals surface area contributed by atoms with Crippen LogP contribution in [0.3, 0.4) is 0 Å². The lowest BCUT2D eigenvalue weighted by Gasteiger charge is -2.42. The number of rotatable bonds is 4. The summed E-state index contributed by atoms with van der Waals surface area (Å²) in [5.41, 5.74) is 6.35. The molecule has 0 amide bonds. The SMILES string of the molecule is CC(C=CC(Br)=C(C)c1ccc2c(c1)C(C)(C)CCC2(C)C)=CC(=O)O. The van der Waals surface area contributed by atoms with E-state index in [0.717, 1.165) is 10.1 Å². The molecule has 0 aromatic heterocycles. The molecular weight excluding hydrogens is 388 g/mol. The fourth-order valence-electron chi connectivity index (χ4n) is 3.53. The number of carboxylic acid groups (broad SMARTS) is 1. The maximum Gasteiger partial charge on any atom is 0.328 e. The predicted molar refractivity (Wildman–Crippen MR) is 114 cm³/mol. The van der Waals surface area contributed by atoms with Crippen molar-refractivity contribution in [3.05, 3.63) is 63.2 Å². The Morgan fingerprint density at radius 3 is 2.19 bits per heavy atom. The summed E-state index contributed by atoms with van der Waals surface area (Å²) in [6.07, 6.45) is 7.34. The largest absolute Gasteiger partial charge is 0.478 e. The summed E-state index contributed by atoms with van der Waals surface area (Å²) in [4.78, 5) is 10.7. The lowest BCUT2D eigenvalue weighted by Crippen LogP contribution is -2.33. The molecule has 1 aliphatic carbocycles. The number of hydrogen-bond donors (Lipinski definition) is 1. The molecule has 1 aromatic rings. The van der Waals surface area contributed by atoms with Gasteiger partial charge < -0.3 is 5.11 Å². The van der Waals surface area contributed by atoms with Crippen molar-refractivity contribution in [3.63, 3.8) is 0 Å². The van der Waals surface area contributed by atoms with Crippen molar-refractivity contribution in [2.75, 3.05) is 0 Å². The number of fused-ring (bicyclic) bond motifs is 1. The molecule has 0 atom stereocenters. The first-order chi connectivity index (χ1) is 11.9. The summed E-state index contributed by atoms with van der Waals surface area (Å²) in [6.45, 7) is 13.2. The van der Waals surface area contributed by atoms with Crippen LogP contribution in [0.5, 0.6) is 0 Å². The molecule has 0 saturated heterocycles. The molecule has 0 heterocycles. The Bertz CT molecular complexity index is 807. The van der Waals surface area contributed by atoms with Gasteiger partial charge in [-0.15, -0.1) is 0 Å². The highest BCUT2D eigenvalue weighted by molar-refractivity contribution is 9.12. The molecule has 0 spiro atoms. The van der Waals surface area contributed by atoms with Gasteiger partial charge in [0.25, 0.3) is 0 Å².